The molecule has 1 heterocycles. The van der Waals surface area contributed by atoms with Crippen molar-refractivity contribution < 1.29 is 33.3 Å². The molecular formula is C11H13F2NO5S. The summed E-state index contributed by atoms with van der Waals surface area (Å²) in [5, 5.41) is 20.3. The Kier molecular flexibility index (Phi) is 5.01. The van der Waals surface area contributed by atoms with Gasteiger partial charge in [-0.25, -0.2) is 4.79 Å². The number of carboxylic acid groups (broad SMARTS) is 1. The van der Waals surface area contributed by atoms with Crippen LogP contribution in [0.4, 0.5) is 8.78 Å². The van der Waals surface area contributed by atoms with Gasteiger partial charge in [0, 0.05) is 4.88 Å². The van der Waals surface area contributed by atoms with Crippen molar-refractivity contribution in [3.05, 3.63) is 15.8 Å². The van der Waals surface area contributed by atoms with Crippen LogP contribution in [0.3, 0.4) is 0 Å². The minimum Gasteiger partial charge on any atom is -0.479 e. The minimum absolute atomic E-state index is 0.107. The van der Waals surface area contributed by atoms with Gasteiger partial charge in [-0.15, -0.1) is 11.3 Å². The standard InChI is InChI=1S/C11H13F2NO5S/c1-5-3-6(19-10(12)13)7(20-5)8(15)14-4-11(2,18)9(16)17/h3,10,18H,4H2,1-2H3,(H,14,15)(H,16,17). The number of carboxylic acids is 1. The molecule has 1 aromatic heterocycles. The number of ether oxygens (including phenoxy) is 1. The van der Waals surface area contributed by atoms with E-state index in [0.717, 1.165) is 18.3 Å². The van der Waals surface area contributed by atoms with Crippen LogP contribution in [0, 0.1) is 6.92 Å². The zero-order chi connectivity index (χ0) is 15.5. The molecule has 0 saturated carbocycles. The number of hydrogen-bond acceptors (Lipinski definition) is 5. The number of rotatable bonds is 6. The SMILES string of the molecule is Cc1cc(OC(F)F)c(C(=O)NCC(C)(O)C(=O)O)s1. The number of nitrogens with one attached hydrogen (secondary N) is 1. The number of aryl methyl sites for hydroxylation is 1. The summed E-state index contributed by atoms with van der Waals surface area (Å²) in [5.41, 5.74) is -2.15. The van der Waals surface area contributed by atoms with Gasteiger partial charge in [0.1, 0.15) is 10.6 Å². The fraction of sp³-hybridized carbons (Fsp3) is 0.455. The third kappa shape index (κ3) is 4.14. The van der Waals surface area contributed by atoms with Gasteiger partial charge in [0.2, 0.25) is 0 Å². The number of thiophene rings is 1. The molecule has 0 aliphatic rings. The van der Waals surface area contributed by atoms with Crippen LogP contribution >= 0.6 is 11.3 Å². The predicted molar refractivity (Wildman–Crippen MR) is 66.3 cm³/mol. The van der Waals surface area contributed by atoms with E-state index in [0.29, 0.717) is 4.88 Å². The summed E-state index contributed by atoms with van der Waals surface area (Å²) >= 11 is 0.924. The van der Waals surface area contributed by atoms with E-state index in [1.165, 1.54) is 6.07 Å². The number of amides is 1. The van der Waals surface area contributed by atoms with E-state index >= 15 is 0 Å². The van der Waals surface area contributed by atoms with Crippen LogP contribution in [0.25, 0.3) is 0 Å². The van der Waals surface area contributed by atoms with Crippen molar-refractivity contribution in [3.63, 3.8) is 0 Å². The molecule has 1 atom stereocenters. The monoisotopic (exact) mass is 309 g/mol. The van der Waals surface area contributed by atoms with Gasteiger partial charge in [0.05, 0.1) is 6.54 Å². The number of alkyl halides is 2. The molecule has 112 valence electrons. The normalized spacial score (nSPS) is 13.9. The Morgan fingerprint density at radius 1 is 1.55 bits per heavy atom. The van der Waals surface area contributed by atoms with Gasteiger partial charge >= 0.3 is 12.6 Å². The Morgan fingerprint density at radius 2 is 2.15 bits per heavy atom. The molecule has 0 fully saturated rings. The van der Waals surface area contributed by atoms with Crippen molar-refractivity contribution in [3.8, 4) is 5.75 Å². The van der Waals surface area contributed by atoms with Crippen LogP contribution in [0.2, 0.25) is 0 Å². The Morgan fingerprint density at radius 3 is 2.65 bits per heavy atom. The van der Waals surface area contributed by atoms with Crippen LogP contribution in [0.5, 0.6) is 5.75 Å². The highest BCUT2D eigenvalue weighted by Gasteiger charge is 2.31. The summed E-state index contributed by atoms with van der Waals surface area (Å²) < 4.78 is 28.6. The van der Waals surface area contributed by atoms with Gasteiger partial charge < -0.3 is 20.3 Å². The molecule has 0 bridgehead atoms. The molecule has 3 N–H and O–H groups in total. The molecule has 0 aromatic carbocycles. The molecule has 1 aromatic rings. The van der Waals surface area contributed by atoms with E-state index in [9.17, 15) is 23.5 Å². The first kappa shape index (κ1) is 16.3. The summed E-state index contributed by atoms with van der Waals surface area (Å²) in [6, 6.07) is 1.28. The van der Waals surface area contributed by atoms with Crippen molar-refractivity contribution >= 4 is 23.2 Å². The summed E-state index contributed by atoms with van der Waals surface area (Å²) in [4.78, 5) is 22.9. The summed E-state index contributed by atoms with van der Waals surface area (Å²) in [6.45, 7) is -1.02. The van der Waals surface area contributed by atoms with Crippen LogP contribution in [-0.4, -0.2) is 40.8 Å². The van der Waals surface area contributed by atoms with Crippen molar-refractivity contribution in [2.45, 2.75) is 26.1 Å². The van der Waals surface area contributed by atoms with Crippen molar-refractivity contribution in [2.75, 3.05) is 6.54 Å². The van der Waals surface area contributed by atoms with Crippen LogP contribution in [0.15, 0.2) is 6.07 Å². The Hall–Kier alpha value is -1.74. The van der Waals surface area contributed by atoms with E-state index < -0.39 is 30.6 Å². The third-order valence-corrected chi connectivity index (χ3v) is 3.33. The van der Waals surface area contributed by atoms with E-state index in [1.807, 2.05) is 0 Å². The first-order valence-corrected chi connectivity index (χ1v) is 6.24. The quantitative estimate of drug-likeness (QED) is 0.734. The Labute approximate surface area is 117 Å². The second-order valence-corrected chi connectivity index (χ2v) is 5.45. The molecule has 0 radical (unpaired) electrons. The zero-order valence-corrected chi connectivity index (χ0v) is 11.5. The second kappa shape index (κ2) is 6.14. The number of carbonyl (C=O) groups excluding carboxylic acids is 1. The van der Waals surface area contributed by atoms with Crippen LogP contribution in [0.1, 0.15) is 21.5 Å². The first-order chi connectivity index (χ1) is 9.13. The second-order valence-electron chi connectivity index (χ2n) is 4.19. The van der Waals surface area contributed by atoms with E-state index in [4.69, 9.17) is 5.11 Å². The number of halogens is 2. The van der Waals surface area contributed by atoms with Gasteiger partial charge in [0.25, 0.3) is 5.91 Å². The van der Waals surface area contributed by atoms with Crippen molar-refractivity contribution in [1.29, 1.82) is 0 Å². The van der Waals surface area contributed by atoms with Crippen molar-refractivity contribution in [2.24, 2.45) is 0 Å². The van der Waals surface area contributed by atoms with Crippen molar-refractivity contribution in [1.82, 2.24) is 5.32 Å². The Balaban J connectivity index is 2.80. The zero-order valence-electron chi connectivity index (χ0n) is 10.6. The van der Waals surface area contributed by atoms with Gasteiger partial charge in [-0.3, -0.25) is 4.79 Å². The average molecular weight is 309 g/mol. The number of aliphatic carboxylic acids is 1. The maximum Gasteiger partial charge on any atom is 0.387 e. The highest BCUT2D eigenvalue weighted by molar-refractivity contribution is 7.14. The highest BCUT2D eigenvalue weighted by atomic mass is 32.1. The number of hydrogen-bond donors (Lipinski definition) is 3. The fourth-order valence-electron chi connectivity index (χ4n) is 1.24. The number of aliphatic hydroxyl groups is 1. The lowest BCUT2D eigenvalue weighted by Crippen LogP contribution is -2.46. The summed E-state index contributed by atoms with van der Waals surface area (Å²) in [7, 11) is 0. The molecule has 6 nitrogen and oxygen atoms in total. The van der Waals surface area contributed by atoms with Gasteiger partial charge in [-0.1, -0.05) is 0 Å². The highest BCUT2D eigenvalue weighted by Crippen LogP contribution is 2.30. The van der Waals surface area contributed by atoms with Gasteiger partial charge in [0.15, 0.2) is 5.60 Å². The molecule has 0 aliphatic heterocycles. The lowest BCUT2D eigenvalue weighted by atomic mass is 10.1. The van der Waals surface area contributed by atoms with Crippen LogP contribution in [-0.2, 0) is 4.79 Å². The lowest BCUT2D eigenvalue weighted by molar-refractivity contribution is -0.155. The predicted octanol–water partition coefficient (Wildman–Crippen LogP) is 1.22. The molecule has 9 heteroatoms. The first-order valence-electron chi connectivity index (χ1n) is 5.42. The average Bonchev–Trinajstić information content (AvgIpc) is 2.66. The van der Waals surface area contributed by atoms with Gasteiger partial charge in [-0.2, -0.15) is 8.78 Å². The smallest absolute Gasteiger partial charge is 0.387 e. The molecule has 1 rings (SSSR count). The Bertz CT molecular complexity index is 515. The molecular weight excluding hydrogens is 296 g/mol. The largest absolute Gasteiger partial charge is 0.479 e. The minimum atomic E-state index is -3.07. The van der Waals surface area contributed by atoms with E-state index in [-0.39, 0.29) is 10.6 Å². The maximum atomic E-state index is 12.2. The molecule has 0 aliphatic carbocycles. The summed E-state index contributed by atoms with van der Waals surface area (Å²) in [5.74, 6) is -2.58. The lowest BCUT2D eigenvalue weighted by Gasteiger charge is -2.18. The molecule has 20 heavy (non-hydrogen) atoms. The molecule has 0 saturated heterocycles. The van der Waals surface area contributed by atoms with Gasteiger partial charge in [-0.05, 0) is 19.9 Å². The molecule has 0 spiro atoms. The van der Waals surface area contributed by atoms with E-state index in [2.05, 4.69) is 10.1 Å². The number of carbonyl (C=O) groups is 2. The summed E-state index contributed by atoms with van der Waals surface area (Å²) in [6.07, 6.45) is 0. The van der Waals surface area contributed by atoms with Crippen LogP contribution < -0.4 is 10.1 Å². The fourth-order valence-corrected chi connectivity index (χ4v) is 2.10. The molecule has 1 amide bonds. The van der Waals surface area contributed by atoms with E-state index in [1.54, 1.807) is 6.92 Å². The topological polar surface area (TPSA) is 95.9 Å². The maximum absolute atomic E-state index is 12.2. The third-order valence-electron chi connectivity index (χ3n) is 2.30. The molecule has 1 unspecified atom stereocenters.